The molecule has 1 aromatic heterocycles. The van der Waals surface area contributed by atoms with E-state index >= 15 is 0 Å². The van der Waals surface area contributed by atoms with Gasteiger partial charge in [-0.05, 0) is 32.6 Å². The van der Waals surface area contributed by atoms with Gasteiger partial charge in [-0.15, -0.1) is 0 Å². The highest BCUT2D eigenvalue weighted by atomic mass is 32.1. The van der Waals surface area contributed by atoms with Crippen molar-refractivity contribution in [3.63, 3.8) is 0 Å². The van der Waals surface area contributed by atoms with Crippen LogP contribution in [0.1, 0.15) is 26.2 Å². The summed E-state index contributed by atoms with van der Waals surface area (Å²) in [5, 5.41) is 0.819. The fourth-order valence-electron chi connectivity index (χ4n) is 2.07. The van der Waals surface area contributed by atoms with Gasteiger partial charge in [0.1, 0.15) is 0 Å². The van der Waals surface area contributed by atoms with Crippen molar-refractivity contribution in [3.05, 3.63) is 24.3 Å². The molecule has 0 N–H and O–H groups in total. The van der Waals surface area contributed by atoms with Crippen LogP contribution >= 0.6 is 11.3 Å². The van der Waals surface area contributed by atoms with Crippen LogP contribution in [0.4, 0.5) is 5.13 Å². The van der Waals surface area contributed by atoms with Crippen molar-refractivity contribution < 1.29 is 4.79 Å². The summed E-state index contributed by atoms with van der Waals surface area (Å²) in [4.78, 5) is 21.0. The lowest BCUT2D eigenvalue weighted by Crippen LogP contribution is -2.36. The van der Waals surface area contributed by atoms with E-state index in [0.29, 0.717) is 13.0 Å². The maximum absolute atomic E-state index is 12.5. The van der Waals surface area contributed by atoms with Crippen molar-refractivity contribution in [2.24, 2.45) is 0 Å². The molecule has 5 heteroatoms. The Morgan fingerprint density at radius 1 is 1.24 bits per heavy atom. The largest absolute Gasteiger partial charge is 0.308 e. The molecule has 0 atom stereocenters. The van der Waals surface area contributed by atoms with Crippen LogP contribution in [0.5, 0.6) is 0 Å². The molecular weight excluding hydrogens is 282 g/mol. The molecule has 0 saturated carbocycles. The Hall–Kier alpha value is -1.46. The van der Waals surface area contributed by atoms with E-state index in [1.54, 1.807) is 11.3 Å². The van der Waals surface area contributed by atoms with E-state index in [2.05, 4.69) is 22.9 Å². The molecule has 0 spiro atoms. The summed E-state index contributed by atoms with van der Waals surface area (Å²) in [6.45, 7) is 3.64. The highest BCUT2D eigenvalue weighted by Gasteiger charge is 2.19. The number of para-hydroxylation sites is 1. The van der Waals surface area contributed by atoms with Gasteiger partial charge in [0.2, 0.25) is 5.91 Å². The molecule has 0 radical (unpaired) electrons. The molecule has 0 saturated heterocycles. The van der Waals surface area contributed by atoms with Gasteiger partial charge in [0.05, 0.1) is 10.2 Å². The molecule has 21 heavy (non-hydrogen) atoms. The van der Waals surface area contributed by atoms with Crippen LogP contribution in [0.25, 0.3) is 10.2 Å². The predicted molar refractivity (Wildman–Crippen MR) is 90.1 cm³/mol. The molecule has 0 bridgehead atoms. The van der Waals surface area contributed by atoms with Crippen molar-refractivity contribution in [1.82, 2.24) is 9.88 Å². The third-order valence-corrected chi connectivity index (χ3v) is 4.39. The molecule has 1 aromatic carbocycles. The Balaban J connectivity index is 2.22. The maximum Gasteiger partial charge on any atom is 0.228 e. The Morgan fingerprint density at radius 2 is 2.00 bits per heavy atom. The highest BCUT2D eigenvalue weighted by molar-refractivity contribution is 7.22. The average Bonchev–Trinajstić information content (AvgIpc) is 2.88. The quantitative estimate of drug-likeness (QED) is 0.787. The zero-order valence-electron chi connectivity index (χ0n) is 13.0. The fraction of sp³-hybridized carbons (Fsp3) is 0.500. The van der Waals surface area contributed by atoms with Crippen LogP contribution in [0.2, 0.25) is 0 Å². The van der Waals surface area contributed by atoms with E-state index in [4.69, 9.17) is 0 Å². The number of unbranched alkanes of at least 4 members (excludes halogenated alkanes) is 1. The van der Waals surface area contributed by atoms with Gasteiger partial charge in [-0.2, -0.15) is 0 Å². The Morgan fingerprint density at radius 3 is 2.67 bits per heavy atom. The van der Waals surface area contributed by atoms with E-state index in [1.165, 1.54) is 0 Å². The Bertz CT molecular complexity index is 561. The van der Waals surface area contributed by atoms with Crippen LogP contribution in [-0.2, 0) is 4.79 Å². The van der Waals surface area contributed by atoms with Gasteiger partial charge in [-0.3, -0.25) is 9.69 Å². The number of benzene rings is 1. The minimum absolute atomic E-state index is 0.178. The summed E-state index contributed by atoms with van der Waals surface area (Å²) in [5.41, 5.74) is 0.968. The van der Waals surface area contributed by atoms with Crippen molar-refractivity contribution in [1.29, 1.82) is 0 Å². The van der Waals surface area contributed by atoms with Crippen molar-refractivity contribution in [2.45, 2.75) is 26.2 Å². The van der Waals surface area contributed by atoms with Gasteiger partial charge < -0.3 is 4.90 Å². The molecular formula is C16H23N3OS. The van der Waals surface area contributed by atoms with E-state index < -0.39 is 0 Å². The molecule has 0 aliphatic rings. The third kappa shape index (κ3) is 4.25. The predicted octanol–water partition coefficient (Wildman–Crippen LogP) is 3.38. The summed E-state index contributed by atoms with van der Waals surface area (Å²) < 4.78 is 1.13. The fourth-order valence-corrected chi connectivity index (χ4v) is 3.07. The molecule has 0 unspecified atom stereocenters. The van der Waals surface area contributed by atoms with Crippen LogP contribution in [0.3, 0.4) is 0 Å². The summed E-state index contributed by atoms with van der Waals surface area (Å²) in [6, 6.07) is 8.04. The zero-order chi connectivity index (χ0) is 15.2. The lowest BCUT2D eigenvalue weighted by Gasteiger charge is -2.21. The molecule has 0 aliphatic heterocycles. The number of aromatic nitrogens is 1. The third-order valence-electron chi connectivity index (χ3n) is 3.33. The first-order chi connectivity index (χ1) is 10.1. The van der Waals surface area contributed by atoms with Gasteiger partial charge in [-0.1, -0.05) is 36.8 Å². The first-order valence-electron chi connectivity index (χ1n) is 7.42. The topological polar surface area (TPSA) is 36.4 Å². The summed E-state index contributed by atoms with van der Waals surface area (Å²) in [7, 11) is 4.04. The lowest BCUT2D eigenvalue weighted by atomic mass is 10.2. The first kappa shape index (κ1) is 15.9. The Labute approximate surface area is 130 Å². The number of fused-ring (bicyclic) bond motifs is 1. The summed E-state index contributed by atoms with van der Waals surface area (Å²) >= 11 is 1.59. The van der Waals surface area contributed by atoms with Crippen molar-refractivity contribution in [2.75, 3.05) is 32.1 Å². The van der Waals surface area contributed by atoms with Gasteiger partial charge >= 0.3 is 0 Å². The number of thiazole rings is 1. The SMILES string of the molecule is CCCCC(=O)N(CCN(C)C)c1nc2ccccc2s1. The van der Waals surface area contributed by atoms with Crippen molar-refractivity contribution >= 4 is 32.6 Å². The van der Waals surface area contributed by atoms with Crippen LogP contribution in [0.15, 0.2) is 24.3 Å². The molecule has 0 fully saturated rings. The number of hydrogen-bond donors (Lipinski definition) is 0. The molecule has 1 amide bonds. The molecule has 2 rings (SSSR count). The van der Waals surface area contributed by atoms with Gasteiger partial charge in [-0.25, -0.2) is 4.98 Å². The summed E-state index contributed by atoms with van der Waals surface area (Å²) in [5.74, 6) is 0.178. The molecule has 4 nitrogen and oxygen atoms in total. The summed E-state index contributed by atoms with van der Waals surface area (Å²) in [6.07, 6.45) is 2.56. The second kappa shape index (κ2) is 7.52. The second-order valence-electron chi connectivity index (χ2n) is 5.42. The minimum Gasteiger partial charge on any atom is -0.308 e. The molecule has 2 aromatic rings. The Kier molecular flexibility index (Phi) is 5.70. The zero-order valence-corrected chi connectivity index (χ0v) is 13.8. The average molecular weight is 305 g/mol. The normalized spacial score (nSPS) is 11.2. The van der Waals surface area contributed by atoms with Gasteiger partial charge in [0, 0.05) is 19.5 Å². The molecule has 1 heterocycles. The molecule has 0 aliphatic carbocycles. The first-order valence-corrected chi connectivity index (χ1v) is 8.24. The maximum atomic E-state index is 12.5. The van der Waals surface area contributed by atoms with Crippen molar-refractivity contribution in [3.8, 4) is 0 Å². The van der Waals surface area contributed by atoms with Gasteiger partial charge in [0.15, 0.2) is 5.13 Å². The van der Waals surface area contributed by atoms with Crippen LogP contribution in [-0.4, -0.2) is 43.0 Å². The standard InChI is InChI=1S/C16H23N3OS/c1-4-5-10-15(20)19(12-11-18(2)3)16-17-13-8-6-7-9-14(13)21-16/h6-9H,4-5,10-12H2,1-3H3. The van der Waals surface area contributed by atoms with Gasteiger partial charge in [0.25, 0.3) is 0 Å². The number of hydrogen-bond acceptors (Lipinski definition) is 4. The number of carbonyl (C=O) groups excluding carboxylic acids is 1. The molecule has 114 valence electrons. The smallest absolute Gasteiger partial charge is 0.228 e. The lowest BCUT2D eigenvalue weighted by molar-refractivity contribution is -0.118. The second-order valence-corrected chi connectivity index (χ2v) is 6.43. The highest BCUT2D eigenvalue weighted by Crippen LogP contribution is 2.29. The van der Waals surface area contributed by atoms with E-state index in [-0.39, 0.29) is 5.91 Å². The van der Waals surface area contributed by atoms with E-state index in [9.17, 15) is 4.79 Å². The number of carbonyl (C=O) groups is 1. The monoisotopic (exact) mass is 305 g/mol. The number of nitrogens with zero attached hydrogens (tertiary/aromatic N) is 3. The number of amides is 1. The van der Waals surface area contributed by atoms with Crippen LogP contribution in [0, 0.1) is 0 Å². The van der Waals surface area contributed by atoms with Crippen LogP contribution < -0.4 is 4.90 Å². The number of likely N-dealkylation sites (N-methyl/N-ethyl adjacent to an activating group) is 1. The van der Waals surface area contributed by atoms with E-state index in [1.807, 2.05) is 37.2 Å². The number of rotatable bonds is 7. The minimum atomic E-state index is 0.178. The number of anilines is 1. The van der Waals surface area contributed by atoms with E-state index in [0.717, 1.165) is 34.7 Å².